The molecule has 0 fully saturated rings. The fourth-order valence-electron chi connectivity index (χ4n) is 3.65. The Hall–Kier alpha value is -3.73. The molecule has 3 heterocycles. The summed E-state index contributed by atoms with van der Waals surface area (Å²) in [6.07, 6.45) is 5.91. The van der Waals surface area contributed by atoms with Gasteiger partial charge in [-0.05, 0) is 36.8 Å². The van der Waals surface area contributed by atoms with Gasteiger partial charge in [0.05, 0.1) is 31.0 Å². The summed E-state index contributed by atoms with van der Waals surface area (Å²) in [5.41, 5.74) is 1.49. The first-order valence-electron chi connectivity index (χ1n) is 10.2. The van der Waals surface area contributed by atoms with E-state index in [2.05, 4.69) is 19.9 Å². The second-order valence-corrected chi connectivity index (χ2v) is 9.60. The van der Waals surface area contributed by atoms with Crippen molar-refractivity contribution in [2.45, 2.75) is 13.0 Å². The van der Waals surface area contributed by atoms with Gasteiger partial charge in [0.25, 0.3) is 0 Å². The first-order chi connectivity index (χ1) is 15.8. The third kappa shape index (κ3) is 4.72. The number of hydrogen-bond donors (Lipinski definition) is 1. The van der Waals surface area contributed by atoms with Crippen molar-refractivity contribution in [1.82, 2.24) is 24.5 Å². The summed E-state index contributed by atoms with van der Waals surface area (Å²) < 4.78 is 37.0. The standard InChI is InChI=1S/C22H23N5O5S/c1-4-32-19-11-14(6-7-18(19)31-2)17(13-33(3,29)30)27-21-16(26-22(27)28)10-15(12-25-21)20-23-8-5-9-24-20/h5-12,17H,4,13H2,1-3H3,(H,26,28)/t17-/m0/s1. The number of nitrogens with zero attached hydrogens (tertiary/aromatic N) is 4. The minimum Gasteiger partial charge on any atom is -0.493 e. The smallest absolute Gasteiger partial charge is 0.328 e. The van der Waals surface area contributed by atoms with Gasteiger partial charge in [-0.15, -0.1) is 0 Å². The molecular weight excluding hydrogens is 446 g/mol. The lowest BCUT2D eigenvalue weighted by Gasteiger charge is -2.20. The maximum absolute atomic E-state index is 13.0. The molecule has 0 bridgehead atoms. The number of nitrogens with one attached hydrogen (secondary N) is 1. The van der Waals surface area contributed by atoms with E-state index in [9.17, 15) is 13.2 Å². The zero-order valence-corrected chi connectivity index (χ0v) is 19.2. The Balaban J connectivity index is 1.88. The Bertz CT molecular complexity index is 1450. The molecule has 0 aliphatic carbocycles. The van der Waals surface area contributed by atoms with Crippen LogP contribution in [0.25, 0.3) is 22.6 Å². The number of methoxy groups -OCH3 is 1. The highest BCUT2D eigenvalue weighted by Gasteiger charge is 2.25. The van der Waals surface area contributed by atoms with Crippen LogP contribution in [0.3, 0.4) is 0 Å². The van der Waals surface area contributed by atoms with Crippen LogP contribution in [0.4, 0.5) is 0 Å². The van der Waals surface area contributed by atoms with E-state index in [4.69, 9.17) is 9.47 Å². The number of rotatable bonds is 8. The SMILES string of the molecule is CCOc1cc([C@H](CS(C)(=O)=O)n2c(=O)[nH]c3cc(-c4ncccn4)cnc32)ccc1OC. The highest BCUT2D eigenvalue weighted by molar-refractivity contribution is 7.90. The van der Waals surface area contributed by atoms with Gasteiger partial charge in [0.1, 0.15) is 9.84 Å². The van der Waals surface area contributed by atoms with E-state index in [0.717, 1.165) is 6.26 Å². The molecule has 0 aliphatic heterocycles. The fourth-order valence-corrected chi connectivity index (χ4v) is 4.56. The molecule has 33 heavy (non-hydrogen) atoms. The normalized spacial score (nSPS) is 12.6. The molecule has 172 valence electrons. The maximum atomic E-state index is 13.0. The third-order valence-corrected chi connectivity index (χ3v) is 5.95. The van der Waals surface area contributed by atoms with Gasteiger partial charge < -0.3 is 14.5 Å². The van der Waals surface area contributed by atoms with E-state index in [1.165, 1.54) is 11.7 Å². The van der Waals surface area contributed by atoms with E-state index < -0.39 is 21.6 Å². The molecule has 1 N–H and O–H groups in total. The Labute approximate surface area is 190 Å². The van der Waals surface area contributed by atoms with Crippen molar-refractivity contribution in [2.75, 3.05) is 25.7 Å². The zero-order valence-electron chi connectivity index (χ0n) is 18.3. The van der Waals surface area contributed by atoms with Crippen molar-refractivity contribution in [3.8, 4) is 22.9 Å². The molecule has 0 saturated heterocycles. The van der Waals surface area contributed by atoms with Crippen LogP contribution in [-0.4, -0.2) is 58.6 Å². The maximum Gasteiger partial charge on any atom is 0.328 e. The second-order valence-electron chi connectivity index (χ2n) is 7.42. The van der Waals surface area contributed by atoms with E-state index in [-0.39, 0.29) is 5.75 Å². The summed E-state index contributed by atoms with van der Waals surface area (Å²) in [4.78, 5) is 28.6. The number of hydrogen-bond acceptors (Lipinski definition) is 8. The van der Waals surface area contributed by atoms with Crippen LogP contribution in [0.2, 0.25) is 0 Å². The Morgan fingerprint density at radius 1 is 1.12 bits per heavy atom. The highest BCUT2D eigenvalue weighted by atomic mass is 32.2. The molecule has 1 atom stereocenters. The molecule has 4 aromatic rings. The van der Waals surface area contributed by atoms with Gasteiger partial charge in [0.15, 0.2) is 23.0 Å². The van der Waals surface area contributed by atoms with Gasteiger partial charge >= 0.3 is 5.69 Å². The summed E-state index contributed by atoms with van der Waals surface area (Å²) in [6, 6.07) is 7.68. The number of aromatic amines is 1. The Kier molecular flexibility index (Phi) is 6.14. The van der Waals surface area contributed by atoms with E-state index in [1.54, 1.807) is 48.9 Å². The first kappa shape index (κ1) is 22.5. The van der Waals surface area contributed by atoms with Crippen LogP contribution in [-0.2, 0) is 9.84 Å². The van der Waals surface area contributed by atoms with Crippen LogP contribution in [0, 0.1) is 0 Å². The number of fused-ring (bicyclic) bond motifs is 1. The van der Waals surface area contributed by atoms with Crippen LogP contribution < -0.4 is 15.2 Å². The molecule has 1 aromatic carbocycles. The molecule has 11 heteroatoms. The number of ether oxygens (including phenoxy) is 2. The van der Waals surface area contributed by atoms with E-state index >= 15 is 0 Å². The van der Waals surface area contributed by atoms with E-state index in [1.807, 2.05) is 6.92 Å². The van der Waals surface area contributed by atoms with Gasteiger partial charge in [-0.3, -0.25) is 4.57 Å². The zero-order chi connectivity index (χ0) is 23.6. The number of pyridine rings is 1. The third-order valence-electron chi connectivity index (χ3n) is 5.02. The van der Waals surface area contributed by atoms with Crippen molar-refractivity contribution >= 4 is 21.0 Å². The molecule has 0 unspecified atom stereocenters. The number of aromatic nitrogens is 5. The quantitative estimate of drug-likeness (QED) is 0.416. The molecule has 4 rings (SSSR count). The molecule has 0 saturated carbocycles. The van der Waals surface area contributed by atoms with Crippen LogP contribution in [0.1, 0.15) is 18.5 Å². The molecule has 0 aliphatic rings. The van der Waals surface area contributed by atoms with Gasteiger partial charge in [-0.25, -0.2) is 28.2 Å². The molecule has 0 radical (unpaired) electrons. The lowest BCUT2D eigenvalue weighted by molar-refractivity contribution is 0.310. The molecule has 0 amide bonds. The summed E-state index contributed by atoms with van der Waals surface area (Å²) >= 11 is 0. The molecular formula is C22H23N5O5S. The minimum absolute atomic E-state index is 0.303. The second kappa shape index (κ2) is 9.02. The highest BCUT2D eigenvalue weighted by Crippen LogP contribution is 2.33. The summed E-state index contributed by atoms with van der Waals surface area (Å²) in [7, 11) is -1.95. The molecule has 0 spiro atoms. The lowest BCUT2D eigenvalue weighted by atomic mass is 10.1. The largest absolute Gasteiger partial charge is 0.493 e. The predicted octanol–water partition coefficient (Wildman–Crippen LogP) is 2.22. The molecule has 3 aromatic heterocycles. The minimum atomic E-state index is -3.47. The predicted molar refractivity (Wildman–Crippen MR) is 123 cm³/mol. The van der Waals surface area contributed by atoms with Crippen molar-refractivity contribution < 1.29 is 17.9 Å². The van der Waals surface area contributed by atoms with Crippen LogP contribution >= 0.6 is 0 Å². The van der Waals surface area contributed by atoms with Crippen molar-refractivity contribution in [2.24, 2.45) is 0 Å². The van der Waals surface area contributed by atoms with Gasteiger partial charge in [0.2, 0.25) is 0 Å². The summed E-state index contributed by atoms with van der Waals surface area (Å²) in [5.74, 6) is 1.13. The number of sulfone groups is 1. The van der Waals surface area contributed by atoms with Gasteiger partial charge in [-0.1, -0.05) is 6.07 Å². The topological polar surface area (TPSA) is 129 Å². The van der Waals surface area contributed by atoms with Crippen LogP contribution in [0.15, 0.2) is 53.7 Å². The number of imidazole rings is 1. The molecule has 10 nitrogen and oxygen atoms in total. The first-order valence-corrected chi connectivity index (χ1v) is 12.2. The van der Waals surface area contributed by atoms with E-state index in [0.29, 0.717) is 46.2 Å². The lowest BCUT2D eigenvalue weighted by Crippen LogP contribution is -2.28. The van der Waals surface area contributed by atoms with Crippen molar-refractivity contribution in [3.05, 3.63) is 65.0 Å². The Morgan fingerprint density at radius 2 is 1.88 bits per heavy atom. The summed E-state index contributed by atoms with van der Waals surface area (Å²) in [5, 5.41) is 0. The average molecular weight is 470 g/mol. The fraction of sp³-hybridized carbons (Fsp3) is 0.273. The summed E-state index contributed by atoms with van der Waals surface area (Å²) in [6.45, 7) is 2.23. The Morgan fingerprint density at radius 3 is 2.55 bits per heavy atom. The van der Waals surface area contributed by atoms with Gasteiger partial charge in [-0.2, -0.15) is 0 Å². The van der Waals surface area contributed by atoms with Gasteiger partial charge in [0, 0.05) is 30.4 Å². The van der Waals surface area contributed by atoms with Crippen molar-refractivity contribution in [3.63, 3.8) is 0 Å². The monoisotopic (exact) mass is 469 g/mol. The van der Waals surface area contributed by atoms with Crippen molar-refractivity contribution in [1.29, 1.82) is 0 Å². The van der Waals surface area contributed by atoms with Crippen LogP contribution in [0.5, 0.6) is 11.5 Å². The number of H-pyrrole nitrogens is 1. The average Bonchev–Trinajstić information content (AvgIpc) is 3.12. The number of benzene rings is 1.